The minimum absolute atomic E-state index is 0.00473. The van der Waals surface area contributed by atoms with E-state index in [0.29, 0.717) is 19.4 Å². The lowest BCUT2D eigenvalue weighted by molar-refractivity contribution is -0.398. The molecule has 0 unspecified atom stereocenters. The summed E-state index contributed by atoms with van der Waals surface area (Å²) in [6.07, 6.45) is 0.570. The number of aliphatic hydroxyl groups excluding tert-OH is 1. The molecule has 0 bridgehead atoms. The Labute approximate surface area is 208 Å². The van der Waals surface area contributed by atoms with Gasteiger partial charge in [-0.1, -0.05) is 19.9 Å². The second-order valence-corrected chi connectivity index (χ2v) is 12.4. The first-order valence-corrected chi connectivity index (χ1v) is 12.5. The third kappa shape index (κ3) is 4.13. The molecular formula is C26H44N2O7. The van der Waals surface area contributed by atoms with E-state index in [9.17, 15) is 24.9 Å². The summed E-state index contributed by atoms with van der Waals surface area (Å²) in [5.74, 6) is -3.51. The molecule has 0 spiro atoms. The van der Waals surface area contributed by atoms with Crippen molar-refractivity contribution in [1.29, 1.82) is 0 Å². The number of fused-ring (bicyclic) bond motifs is 3. The smallest absolute Gasteiger partial charge is 0.409 e. The fourth-order valence-corrected chi connectivity index (χ4v) is 7.30. The number of aliphatic hydroxyl groups is 3. The van der Waals surface area contributed by atoms with Gasteiger partial charge in [-0.15, -0.1) is 6.58 Å². The zero-order valence-electron chi connectivity index (χ0n) is 22.3. The SMILES string of the molecule is C=C[C@@]1(C)CC(=O)[C@]2(O)[C@]3(C)[C@@H]([C@H](O)C[C@@]2(C)O1)C(C)(C)CC[C@@]3(O)OC(=O)NCCCN(C)C. The number of hydrogen-bond donors (Lipinski definition) is 4. The number of carbonyl (C=O) groups excluding carboxylic acids is 2. The summed E-state index contributed by atoms with van der Waals surface area (Å²) < 4.78 is 12.0. The predicted octanol–water partition coefficient (Wildman–Crippen LogP) is 1.98. The van der Waals surface area contributed by atoms with Gasteiger partial charge in [0.25, 0.3) is 0 Å². The van der Waals surface area contributed by atoms with Crippen LogP contribution in [0.4, 0.5) is 4.79 Å². The first-order valence-electron chi connectivity index (χ1n) is 12.5. The van der Waals surface area contributed by atoms with E-state index in [1.807, 2.05) is 32.8 Å². The highest BCUT2D eigenvalue weighted by molar-refractivity contribution is 5.92. The highest BCUT2D eigenvalue weighted by Crippen LogP contribution is 2.69. The number of amides is 1. The average molecular weight is 497 g/mol. The van der Waals surface area contributed by atoms with Crippen molar-refractivity contribution in [1.82, 2.24) is 10.2 Å². The van der Waals surface area contributed by atoms with Gasteiger partial charge in [-0.05, 0) is 59.7 Å². The molecule has 0 radical (unpaired) electrons. The Bertz CT molecular complexity index is 878. The first-order chi connectivity index (χ1) is 15.9. The average Bonchev–Trinajstić information content (AvgIpc) is 2.71. The molecule has 200 valence electrons. The zero-order valence-corrected chi connectivity index (χ0v) is 22.3. The monoisotopic (exact) mass is 496 g/mol. The molecule has 9 nitrogen and oxygen atoms in total. The van der Waals surface area contributed by atoms with Gasteiger partial charge in [-0.3, -0.25) is 4.79 Å². The minimum atomic E-state index is -2.23. The summed E-state index contributed by atoms with van der Waals surface area (Å²) in [7, 11) is 3.86. The van der Waals surface area contributed by atoms with Gasteiger partial charge >= 0.3 is 6.09 Å². The topological polar surface area (TPSA) is 129 Å². The predicted molar refractivity (Wildman–Crippen MR) is 131 cm³/mol. The van der Waals surface area contributed by atoms with Crippen molar-refractivity contribution < 1.29 is 34.4 Å². The van der Waals surface area contributed by atoms with Gasteiger partial charge in [-0.2, -0.15) is 0 Å². The van der Waals surface area contributed by atoms with E-state index in [4.69, 9.17) is 9.47 Å². The van der Waals surface area contributed by atoms with Crippen molar-refractivity contribution in [3.8, 4) is 0 Å². The maximum Gasteiger partial charge on any atom is 0.409 e. The summed E-state index contributed by atoms with van der Waals surface area (Å²) in [6.45, 7) is 13.6. The Balaban J connectivity index is 2.06. The van der Waals surface area contributed by atoms with Crippen molar-refractivity contribution in [3.05, 3.63) is 12.7 Å². The molecule has 3 aliphatic rings. The minimum Gasteiger partial charge on any atom is -0.416 e. The summed E-state index contributed by atoms with van der Waals surface area (Å²) in [4.78, 5) is 28.6. The van der Waals surface area contributed by atoms with E-state index in [-0.39, 0.29) is 19.3 Å². The molecule has 35 heavy (non-hydrogen) atoms. The van der Waals surface area contributed by atoms with Crippen LogP contribution in [0.5, 0.6) is 0 Å². The second-order valence-electron chi connectivity index (χ2n) is 12.4. The largest absolute Gasteiger partial charge is 0.416 e. The Kier molecular flexibility index (Phi) is 7.05. The normalized spacial score (nSPS) is 44.8. The highest BCUT2D eigenvalue weighted by atomic mass is 16.7. The second kappa shape index (κ2) is 8.80. The Morgan fingerprint density at radius 2 is 1.86 bits per heavy atom. The van der Waals surface area contributed by atoms with E-state index in [0.717, 1.165) is 6.54 Å². The van der Waals surface area contributed by atoms with Crippen LogP contribution in [-0.2, 0) is 14.3 Å². The summed E-state index contributed by atoms with van der Waals surface area (Å²) in [5, 5.41) is 38.5. The van der Waals surface area contributed by atoms with Gasteiger partial charge in [0.05, 0.1) is 17.1 Å². The fraction of sp³-hybridized carbons (Fsp3) is 0.846. The van der Waals surface area contributed by atoms with E-state index in [1.54, 1.807) is 20.8 Å². The molecule has 0 aromatic heterocycles. The number of hydrogen-bond acceptors (Lipinski definition) is 8. The summed E-state index contributed by atoms with van der Waals surface area (Å²) >= 11 is 0. The number of nitrogens with one attached hydrogen (secondary N) is 1. The van der Waals surface area contributed by atoms with Crippen LogP contribution in [0.1, 0.15) is 66.7 Å². The zero-order chi connectivity index (χ0) is 26.7. The number of alkyl carbamates (subject to hydrolysis) is 1. The van der Waals surface area contributed by atoms with Crippen LogP contribution in [0.3, 0.4) is 0 Å². The quantitative estimate of drug-likeness (QED) is 0.250. The van der Waals surface area contributed by atoms with E-state index >= 15 is 0 Å². The maximum atomic E-state index is 13.8. The van der Waals surface area contributed by atoms with Crippen molar-refractivity contribution in [2.24, 2.45) is 16.7 Å². The van der Waals surface area contributed by atoms with Crippen LogP contribution >= 0.6 is 0 Å². The highest BCUT2D eigenvalue weighted by Gasteiger charge is 2.82. The lowest BCUT2D eigenvalue weighted by Gasteiger charge is -2.71. The standard InChI is InChI=1S/C26H44N2O7/c1-9-22(4)16-18(30)26(33)23(5,35-22)15-17(29)19-21(2,3)11-12-25(32,24(19,26)6)34-20(31)27-13-10-14-28(7)8/h9,17,19,29,32-33H,1,10-16H2,2-8H3,(H,27,31)/t17-,19+,22+,23-,24-,25-,26-/m1/s1. The van der Waals surface area contributed by atoms with E-state index in [2.05, 4.69) is 11.9 Å². The van der Waals surface area contributed by atoms with Gasteiger partial charge in [0, 0.05) is 31.7 Å². The fourth-order valence-electron chi connectivity index (χ4n) is 7.30. The molecule has 2 saturated carbocycles. The third-order valence-corrected chi connectivity index (χ3v) is 9.00. The summed E-state index contributed by atoms with van der Waals surface area (Å²) in [6, 6.07) is 0. The molecule has 0 aromatic carbocycles. The Morgan fingerprint density at radius 1 is 1.23 bits per heavy atom. The van der Waals surface area contributed by atoms with Gasteiger partial charge in [0.2, 0.25) is 5.79 Å². The molecule has 3 fully saturated rings. The molecule has 1 heterocycles. The molecule has 7 atom stereocenters. The Morgan fingerprint density at radius 3 is 2.43 bits per heavy atom. The Hall–Kier alpha value is -1.52. The molecule has 1 aliphatic heterocycles. The number of Topliss-reactive ketones (excluding diaryl/α,β-unsaturated/α-hetero) is 1. The van der Waals surface area contributed by atoms with Crippen LogP contribution in [0, 0.1) is 16.7 Å². The molecular weight excluding hydrogens is 452 g/mol. The molecule has 1 saturated heterocycles. The molecule has 2 aliphatic carbocycles. The lowest BCUT2D eigenvalue weighted by Crippen LogP contribution is -2.85. The maximum absolute atomic E-state index is 13.8. The number of nitrogens with zero attached hydrogens (tertiary/aromatic N) is 1. The van der Waals surface area contributed by atoms with Crippen LogP contribution in [-0.4, -0.2) is 88.0 Å². The number of ether oxygens (including phenoxy) is 2. The van der Waals surface area contributed by atoms with Crippen LogP contribution in [0.2, 0.25) is 0 Å². The van der Waals surface area contributed by atoms with Crippen molar-refractivity contribution in [2.45, 2.75) is 95.4 Å². The van der Waals surface area contributed by atoms with Crippen LogP contribution < -0.4 is 5.32 Å². The lowest BCUT2D eigenvalue weighted by atomic mass is 9.39. The van der Waals surface area contributed by atoms with E-state index in [1.165, 1.54) is 6.08 Å². The van der Waals surface area contributed by atoms with Gasteiger partial charge in [0.15, 0.2) is 11.4 Å². The molecule has 3 rings (SSSR count). The van der Waals surface area contributed by atoms with Crippen molar-refractivity contribution >= 4 is 11.9 Å². The number of rotatable bonds is 6. The van der Waals surface area contributed by atoms with Crippen molar-refractivity contribution in [2.75, 3.05) is 27.2 Å². The first kappa shape index (κ1) is 28.1. The van der Waals surface area contributed by atoms with Crippen LogP contribution in [0.25, 0.3) is 0 Å². The van der Waals surface area contributed by atoms with E-state index < -0.39 is 57.3 Å². The summed E-state index contributed by atoms with van der Waals surface area (Å²) in [5.41, 5.74) is -7.15. The molecule has 9 heteroatoms. The van der Waals surface area contributed by atoms with Gasteiger partial charge < -0.3 is 35.0 Å². The number of carbonyl (C=O) groups is 2. The number of ketones is 1. The third-order valence-electron chi connectivity index (χ3n) is 9.00. The molecule has 4 N–H and O–H groups in total. The molecule has 1 amide bonds. The van der Waals surface area contributed by atoms with Crippen molar-refractivity contribution in [3.63, 3.8) is 0 Å². The van der Waals surface area contributed by atoms with Crippen LogP contribution in [0.15, 0.2) is 12.7 Å². The van der Waals surface area contributed by atoms with Gasteiger partial charge in [-0.25, -0.2) is 4.79 Å². The van der Waals surface area contributed by atoms with Gasteiger partial charge in [0.1, 0.15) is 5.60 Å². The molecule has 0 aromatic rings.